The van der Waals surface area contributed by atoms with Crippen LogP contribution in [0.3, 0.4) is 0 Å². The molecule has 0 aliphatic carbocycles. The Hall–Kier alpha value is 0.427. The van der Waals surface area contributed by atoms with E-state index in [1.54, 1.807) is 0 Å². The second kappa shape index (κ2) is 4.28. The first-order valence-corrected chi connectivity index (χ1v) is 3.24. The zero-order valence-electron chi connectivity index (χ0n) is 5.85. The second-order valence-electron chi connectivity index (χ2n) is 1.15. The van der Waals surface area contributed by atoms with Gasteiger partial charge in [-0.05, 0) is 0 Å². The third-order valence-corrected chi connectivity index (χ3v) is 1.34. The number of aliphatic hydroxyl groups excluding tert-OH is 2. The number of aliphatic hydroxyl groups is 2. The Morgan fingerprint density at radius 1 is 1.56 bits per heavy atom. The Morgan fingerprint density at radius 2 is 1.89 bits per heavy atom. The molecule has 0 fully saturated rings. The Bertz CT molecular complexity index is 155. The molecule has 52 valence electrons. The third kappa shape index (κ3) is 4.90. The Morgan fingerprint density at radius 3 is 1.89 bits per heavy atom. The van der Waals surface area contributed by atoms with Crippen LogP contribution >= 0.6 is 0 Å². The average molecular weight is 150 g/mol. The summed E-state index contributed by atoms with van der Waals surface area (Å²) in [5.41, 5.74) is -2.07. The van der Waals surface area contributed by atoms with Gasteiger partial charge in [0.25, 0.3) is 10.1 Å². The quantitative estimate of drug-likeness (QED) is 0.271. The van der Waals surface area contributed by atoms with Gasteiger partial charge < -0.3 is 11.6 Å². The Kier molecular flexibility index (Phi) is 5.77. The van der Waals surface area contributed by atoms with Gasteiger partial charge in [-0.2, -0.15) is 8.42 Å². The molecule has 0 saturated carbocycles. The van der Waals surface area contributed by atoms with Gasteiger partial charge in [-0.1, -0.05) is 0 Å². The molecule has 5 nitrogen and oxygen atoms in total. The van der Waals surface area contributed by atoms with Gasteiger partial charge in [0.2, 0.25) is 5.44 Å². The van der Waals surface area contributed by atoms with Gasteiger partial charge in [0, 0.05) is 0 Å². The van der Waals surface area contributed by atoms with Crippen LogP contribution in [0, 0.1) is 0 Å². The van der Waals surface area contributed by atoms with Gasteiger partial charge in [-0.25, -0.2) is 0 Å². The molecule has 0 aliphatic rings. The van der Waals surface area contributed by atoms with Crippen molar-refractivity contribution in [2.24, 2.45) is 0 Å². The van der Waals surface area contributed by atoms with Gasteiger partial charge in [0.15, 0.2) is 0 Å². The summed E-state index contributed by atoms with van der Waals surface area (Å²) in [6.45, 7) is -0.987. The van der Waals surface area contributed by atoms with E-state index in [0.717, 1.165) is 0 Å². The van der Waals surface area contributed by atoms with Crippen LogP contribution in [0.1, 0.15) is 1.43 Å². The van der Waals surface area contributed by atoms with E-state index >= 15 is 0 Å². The van der Waals surface area contributed by atoms with Gasteiger partial charge in [-0.3, -0.25) is 4.55 Å². The van der Waals surface area contributed by atoms with Crippen LogP contribution in [0.15, 0.2) is 0 Å². The molecule has 0 saturated heterocycles. The van der Waals surface area contributed by atoms with Gasteiger partial charge in [-0.15, -0.1) is 0 Å². The fraction of sp³-hybridized carbons (Fsp3) is 1.00. The fourth-order valence-corrected chi connectivity index (χ4v) is 0.283. The van der Waals surface area contributed by atoms with Crippen LogP contribution < -0.4 is 18.9 Å². The molecule has 9 heavy (non-hydrogen) atoms. The SMILES string of the molecule is O=S(=O)(O)C(O)CO.[H-].[Li+]. The zero-order valence-corrected chi connectivity index (χ0v) is 5.67. The molecule has 3 N–H and O–H groups in total. The standard InChI is InChI=1S/C2H6O5S.Li.H/c3-1-2(4)8(5,6)7;;/h2-4H,1H2,(H,5,6,7);;/q;+1;-1. The van der Waals surface area contributed by atoms with Gasteiger partial charge >= 0.3 is 18.9 Å². The minimum absolute atomic E-state index is 0. The summed E-state index contributed by atoms with van der Waals surface area (Å²) < 4.78 is 27.3. The van der Waals surface area contributed by atoms with E-state index in [0.29, 0.717) is 0 Å². The molecule has 0 amide bonds. The first-order valence-electron chi connectivity index (χ1n) is 1.73. The maximum atomic E-state index is 9.71. The molecule has 1 atom stereocenters. The molecular weight excluding hydrogens is 143 g/mol. The average Bonchev–Trinajstić information content (AvgIpc) is 1.62. The molecular formula is C2H7LiO5S. The summed E-state index contributed by atoms with van der Waals surface area (Å²) in [6, 6.07) is 0. The molecule has 7 heteroatoms. The van der Waals surface area contributed by atoms with Crippen molar-refractivity contribution >= 4 is 10.1 Å². The number of hydrogen-bond donors (Lipinski definition) is 3. The molecule has 0 aromatic rings. The minimum Gasteiger partial charge on any atom is -1.00 e. The van der Waals surface area contributed by atoms with E-state index in [1.165, 1.54) is 0 Å². The van der Waals surface area contributed by atoms with Crippen molar-refractivity contribution in [2.45, 2.75) is 5.44 Å². The van der Waals surface area contributed by atoms with E-state index < -0.39 is 22.2 Å². The summed E-state index contributed by atoms with van der Waals surface area (Å²) in [4.78, 5) is 0. The van der Waals surface area contributed by atoms with Crippen LogP contribution in [0.2, 0.25) is 0 Å². The maximum absolute atomic E-state index is 9.71. The van der Waals surface area contributed by atoms with Crippen LogP contribution in [0.25, 0.3) is 0 Å². The summed E-state index contributed by atoms with van der Waals surface area (Å²) in [5.74, 6) is 0. The normalized spacial score (nSPS) is 14.1. The topological polar surface area (TPSA) is 94.8 Å². The van der Waals surface area contributed by atoms with E-state index in [2.05, 4.69) is 0 Å². The van der Waals surface area contributed by atoms with Crippen molar-refractivity contribution in [1.82, 2.24) is 0 Å². The zero-order chi connectivity index (χ0) is 6.78. The summed E-state index contributed by atoms with van der Waals surface area (Å²) >= 11 is 0. The molecule has 0 radical (unpaired) electrons. The van der Waals surface area contributed by atoms with Crippen molar-refractivity contribution in [3.05, 3.63) is 0 Å². The van der Waals surface area contributed by atoms with Crippen LogP contribution in [-0.2, 0) is 10.1 Å². The minimum atomic E-state index is -4.45. The largest absolute Gasteiger partial charge is 1.00 e. The molecule has 0 spiro atoms. The van der Waals surface area contributed by atoms with E-state index in [9.17, 15) is 8.42 Å². The van der Waals surface area contributed by atoms with Crippen LogP contribution in [0.4, 0.5) is 0 Å². The predicted octanol–water partition coefficient (Wildman–Crippen LogP) is -4.70. The van der Waals surface area contributed by atoms with Crippen molar-refractivity contribution in [3.8, 4) is 0 Å². The number of rotatable bonds is 2. The van der Waals surface area contributed by atoms with Crippen molar-refractivity contribution in [2.75, 3.05) is 6.61 Å². The van der Waals surface area contributed by atoms with E-state index in [1.807, 2.05) is 0 Å². The van der Waals surface area contributed by atoms with Crippen LogP contribution in [0.5, 0.6) is 0 Å². The Balaban J connectivity index is -0.000000245. The first kappa shape index (κ1) is 12.1. The van der Waals surface area contributed by atoms with Crippen molar-refractivity contribution in [3.63, 3.8) is 0 Å². The second-order valence-corrected chi connectivity index (χ2v) is 2.73. The molecule has 0 heterocycles. The maximum Gasteiger partial charge on any atom is 1.00 e. The first-order chi connectivity index (χ1) is 3.48. The van der Waals surface area contributed by atoms with Gasteiger partial charge in [0.05, 0.1) is 6.61 Å². The third-order valence-electron chi connectivity index (χ3n) is 0.500. The van der Waals surface area contributed by atoms with E-state index in [4.69, 9.17) is 14.8 Å². The smallest absolute Gasteiger partial charge is 1.00 e. The van der Waals surface area contributed by atoms with Gasteiger partial charge in [0.1, 0.15) is 0 Å². The summed E-state index contributed by atoms with van der Waals surface area (Å²) in [7, 11) is -4.45. The van der Waals surface area contributed by atoms with Crippen molar-refractivity contribution in [1.29, 1.82) is 0 Å². The van der Waals surface area contributed by atoms with Crippen LogP contribution in [-0.4, -0.2) is 35.2 Å². The predicted molar refractivity (Wildman–Crippen MR) is 25.8 cm³/mol. The number of hydrogen-bond acceptors (Lipinski definition) is 4. The monoisotopic (exact) mass is 150 g/mol. The summed E-state index contributed by atoms with van der Waals surface area (Å²) in [6.07, 6.45) is 0. The molecule has 1 unspecified atom stereocenters. The summed E-state index contributed by atoms with van der Waals surface area (Å²) in [5, 5.41) is 16.0. The molecule has 0 rings (SSSR count). The van der Waals surface area contributed by atoms with Crippen molar-refractivity contribution < 1.29 is 43.5 Å². The Labute approximate surface area is 66.1 Å². The molecule has 0 aromatic carbocycles. The molecule has 0 aliphatic heterocycles. The molecule has 0 bridgehead atoms. The molecule has 0 aromatic heterocycles. The van der Waals surface area contributed by atoms with E-state index in [-0.39, 0.29) is 20.3 Å². The fourth-order valence-electron chi connectivity index (χ4n) is 0.0942.